The lowest BCUT2D eigenvalue weighted by Crippen LogP contribution is -2.11. The van der Waals surface area contributed by atoms with E-state index in [0.29, 0.717) is 6.07 Å². The van der Waals surface area contributed by atoms with Crippen molar-refractivity contribution in [3.05, 3.63) is 82.7 Å². The van der Waals surface area contributed by atoms with Crippen molar-refractivity contribution in [2.75, 3.05) is 16.2 Å². The number of hydrogen-bond donors (Lipinski definition) is 5. The van der Waals surface area contributed by atoms with Crippen molar-refractivity contribution in [3.8, 4) is 17.0 Å². The minimum absolute atomic E-state index is 0.0917. The van der Waals surface area contributed by atoms with Gasteiger partial charge in [0.1, 0.15) is 17.1 Å². The molecule has 4 aromatic rings. The number of aromatic carboxylic acids is 1. The predicted molar refractivity (Wildman–Crippen MR) is 125 cm³/mol. The third-order valence-corrected chi connectivity index (χ3v) is 5.60. The number of alkyl halides is 3. The molecule has 0 aliphatic carbocycles. The molecule has 0 unspecified atom stereocenters. The summed E-state index contributed by atoms with van der Waals surface area (Å²) in [6.45, 7) is 0. The molecule has 0 spiro atoms. The number of hydrogen-bond acceptors (Lipinski definition) is 7. The molecule has 0 atom stereocenters. The number of phenols is 1. The molecule has 0 aliphatic rings. The van der Waals surface area contributed by atoms with E-state index in [2.05, 4.69) is 21.2 Å². The first kappa shape index (κ1) is 24.7. The summed E-state index contributed by atoms with van der Waals surface area (Å²) in [7, 11) is 0. The highest BCUT2D eigenvalue weighted by Gasteiger charge is 2.30. The second-order valence-electron chi connectivity index (χ2n) is 7.34. The maximum atomic E-state index is 14.5. The molecular weight excluding hydrogens is 507 g/mol. The molecule has 36 heavy (non-hydrogen) atoms. The lowest BCUT2D eigenvalue weighted by Gasteiger charge is -2.13. The molecule has 0 bridgehead atoms. The summed E-state index contributed by atoms with van der Waals surface area (Å²) >= 11 is 1.01. The molecule has 5 N–H and O–H groups in total. The predicted octanol–water partition coefficient (Wildman–Crippen LogP) is 6.69. The molecule has 3 aromatic carbocycles. The van der Waals surface area contributed by atoms with E-state index in [1.54, 1.807) is 0 Å². The van der Waals surface area contributed by atoms with Gasteiger partial charge in [0.15, 0.2) is 10.9 Å². The van der Waals surface area contributed by atoms with Crippen LogP contribution in [0.2, 0.25) is 0 Å². The number of carbonyl (C=O) groups is 1. The van der Waals surface area contributed by atoms with Crippen LogP contribution in [0.5, 0.6) is 5.75 Å². The second-order valence-corrected chi connectivity index (χ2v) is 8.20. The zero-order valence-corrected chi connectivity index (χ0v) is 18.6. The number of hydrazine groups is 1. The zero-order valence-electron chi connectivity index (χ0n) is 17.8. The number of halogens is 5. The Balaban J connectivity index is 1.54. The SMILES string of the molecule is O=C(O)c1cc(NNc2cc(-c3csc(Nc4cccc(C(F)(F)F)c4)n3)c(F)cc2F)ccc1O. The lowest BCUT2D eigenvalue weighted by molar-refractivity contribution is -0.137. The van der Waals surface area contributed by atoms with Crippen LogP contribution in [0.25, 0.3) is 11.3 Å². The van der Waals surface area contributed by atoms with Crippen LogP contribution in [0.15, 0.2) is 60.0 Å². The topological polar surface area (TPSA) is 107 Å². The summed E-state index contributed by atoms with van der Waals surface area (Å²) in [5.41, 5.74) is 3.97. The van der Waals surface area contributed by atoms with Gasteiger partial charge >= 0.3 is 12.1 Å². The number of anilines is 4. The van der Waals surface area contributed by atoms with Gasteiger partial charge in [-0.15, -0.1) is 11.3 Å². The Morgan fingerprint density at radius 3 is 2.44 bits per heavy atom. The lowest BCUT2D eigenvalue weighted by atomic mass is 10.1. The smallest absolute Gasteiger partial charge is 0.416 e. The van der Waals surface area contributed by atoms with Crippen LogP contribution in [-0.4, -0.2) is 21.2 Å². The van der Waals surface area contributed by atoms with E-state index in [1.807, 2.05) is 0 Å². The Morgan fingerprint density at radius 2 is 1.72 bits per heavy atom. The summed E-state index contributed by atoms with van der Waals surface area (Å²) in [5, 5.41) is 23.0. The number of benzene rings is 3. The van der Waals surface area contributed by atoms with Gasteiger partial charge in [-0.25, -0.2) is 18.6 Å². The summed E-state index contributed by atoms with van der Waals surface area (Å²) in [6.07, 6.45) is -4.52. The summed E-state index contributed by atoms with van der Waals surface area (Å²) in [5.74, 6) is -3.71. The van der Waals surface area contributed by atoms with Crippen molar-refractivity contribution in [2.45, 2.75) is 6.18 Å². The zero-order chi connectivity index (χ0) is 26.0. The highest BCUT2D eigenvalue weighted by molar-refractivity contribution is 7.14. The minimum Gasteiger partial charge on any atom is -0.507 e. The van der Waals surface area contributed by atoms with Gasteiger partial charge in [0.05, 0.1) is 22.6 Å². The van der Waals surface area contributed by atoms with E-state index in [4.69, 9.17) is 5.11 Å². The molecule has 1 heterocycles. The first-order valence-electron chi connectivity index (χ1n) is 9.99. The van der Waals surface area contributed by atoms with Crippen LogP contribution < -0.4 is 16.2 Å². The van der Waals surface area contributed by atoms with Crippen molar-refractivity contribution in [1.82, 2.24) is 4.98 Å². The molecule has 0 saturated heterocycles. The number of rotatable bonds is 7. The second kappa shape index (κ2) is 9.70. The average Bonchev–Trinajstić information content (AvgIpc) is 3.27. The Hall–Kier alpha value is -4.39. The summed E-state index contributed by atoms with van der Waals surface area (Å²) < 4.78 is 67.7. The van der Waals surface area contributed by atoms with Crippen LogP contribution in [0.3, 0.4) is 0 Å². The van der Waals surface area contributed by atoms with Crippen LogP contribution in [0.1, 0.15) is 15.9 Å². The number of carboxylic acid groups (broad SMARTS) is 1. The Morgan fingerprint density at radius 1 is 0.944 bits per heavy atom. The van der Waals surface area contributed by atoms with E-state index < -0.39 is 35.1 Å². The summed E-state index contributed by atoms with van der Waals surface area (Å²) in [4.78, 5) is 15.3. The third-order valence-electron chi connectivity index (χ3n) is 4.85. The Labute approximate surface area is 203 Å². The molecule has 0 fully saturated rings. The van der Waals surface area contributed by atoms with E-state index in [9.17, 15) is 31.9 Å². The number of thiazole rings is 1. The van der Waals surface area contributed by atoms with Crippen LogP contribution >= 0.6 is 11.3 Å². The van der Waals surface area contributed by atoms with Crippen molar-refractivity contribution in [3.63, 3.8) is 0 Å². The van der Waals surface area contributed by atoms with E-state index in [0.717, 1.165) is 41.7 Å². The molecule has 0 aliphatic heterocycles. The molecule has 13 heteroatoms. The molecule has 186 valence electrons. The third kappa shape index (κ3) is 5.46. The summed E-state index contributed by atoms with van der Waals surface area (Å²) in [6, 6.07) is 9.81. The number of aromatic nitrogens is 1. The fourth-order valence-corrected chi connectivity index (χ4v) is 3.85. The van der Waals surface area contributed by atoms with Gasteiger partial charge < -0.3 is 21.0 Å². The van der Waals surface area contributed by atoms with Gasteiger partial charge in [0, 0.05) is 22.7 Å². The van der Waals surface area contributed by atoms with Gasteiger partial charge in [-0.05, 0) is 42.5 Å². The van der Waals surface area contributed by atoms with Crippen LogP contribution in [0, 0.1) is 11.6 Å². The number of aromatic hydroxyl groups is 1. The van der Waals surface area contributed by atoms with Crippen LogP contribution in [-0.2, 0) is 6.18 Å². The molecule has 7 nitrogen and oxygen atoms in total. The number of carboxylic acids is 1. The fraction of sp³-hybridized carbons (Fsp3) is 0.0435. The molecule has 4 rings (SSSR count). The first-order chi connectivity index (χ1) is 17.0. The number of nitrogens with zero attached hydrogens (tertiary/aromatic N) is 1. The average molecular weight is 522 g/mol. The molecule has 0 saturated carbocycles. The number of nitrogens with one attached hydrogen (secondary N) is 3. The van der Waals surface area contributed by atoms with Crippen molar-refractivity contribution in [1.29, 1.82) is 0 Å². The minimum atomic E-state index is -4.52. The molecular formula is C23H15F5N4O3S. The fourth-order valence-electron chi connectivity index (χ4n) is 3.12. The van der Waals surface area contributed by atoms with Crippen molar-refractivity contribution < 1.29 is 37.0 Å². The largest absolute Gasteiger partial charge is 0.507 e. The molecule has 0 amide bonds. The normalized spacial score (nSPS) is 11.2. The first-order valence-corrected chi connectivity index (χ1v) is 10.9. The monoisotopic (exact) mass is 522 g/mol. The Kier molecular flexibility index (Phi) is 6.66. The van der Waals surface area contributed by atoms with Crippen molar-refractivity contribution >= 4 is 39.5 Å². The van der Waals surface area contributed by atoms with E-state index >= 15 is 0 Å². The van der Waals surface area contributed by atoms with Gasteiger partial charge in [0.2, 0.25) is 0 Å². The van der Waals surface area contributed by atoms with E-state index in [-0.39, 0.29) is 39.0 Å². The maximum Gasteiger partial charge on any atom is 0.416 e. The molecule has 1 aromatic heterocycles. The quantitative estimate of drug-likeness (QED) is 0.105. The van der Waals surface area contributed by atoms with E-state index in [1.165, 1.54) is 23.6 Å². The van der Waals surface area contributed by atoms with Gasteiger partial charge in [-0.3, -0.25) is 5.43 Å². The Bertz CT molecular complexity index is 1440. The maximum absolute atomic E-state index is 14.5. The highest BCUT2D eigenvalue weighted by atomic mass is 32.1. The van der Waals surface area contributed by atoms with Gasteiger partial charge in [-0.1, -0.05) is 6.07 Å². The standard InChI is InChI=1S/C23H15F5N4O3S/c24-16-9-17(25)18(32-31-13-4-5-20(33)15(7-13)21(34)35)8-14(16)19-10-36-22(30-19)29-12-3-1-2-11(6-12)23(26,27)28/h1-10,31-33H,(H,29,30)(H,34,35). The van der Waals surface area contributed by atoms with Gasteiger partial charge in [-0.2, -0.15) is 13.2 Å². The van der Waals surface area contributed by atoms with Crippen molar-refractivity contribution in [2.24, 2.45) is 0 Å². The molecule has 0 radical (unpaired) electrons. The van der Waals surface area contributed by atoms with Gasteiger partial charge in [0.25, 0.3) is 0 Å². The highest BCUT2D eigenvalue weighted by Crippen LogP contribution is 2.34. The van der Waals surface area contributed by atoms with Crippen LogP contribution in [0.4, 0.5) is 44.1 Å².